The second-order valence-electron chi connectivity index (χ2n) is 3.97. The summed E-state index contributed by atoms with van der Waals surface area (Å²) in [6.45, 7) is 0. The van der Waals surface area contributed by atoms with Crippen molar-refractivity contribution in [2.24, 2.45) is 5.73 Å². The molecule has 0 radical (unpaired) electrons. The van der Waals surface area contributed by atoms with Gasteiger partial charge in [0.2, 0.25) is 0 Å². The van der Waals surface area contributed by atoms with Crippen molar-refractivity contribution in [3.8, 4) is 17.6 Å². The largest absolute Gasteiger partial charge is 0.455 e. The van der Waals surface area contributed by atoms with E-state index >= 15 is 0 Å². The topological polar surface area (TPSA) is 102 Å². The first-order valence-corrected chi connectivity index (χ1v) is 5.58. The number of anilines is 1. The SMILES string of the molecule is N#Cc1ccc(Oc2ccc(C(N)=O)c(F)c2)c(N)c1. The summed E-state index contributed by atoms with van der Waals surface area (Å²) in [6, 6.07) is 10.1. The quantitative estimate of drug-likeness (QED) is 0.835. The number of carbonyl (C=O) groups excluding carboxylic acids is 1. The number of primary amides is 1. The van der Waals surface area contributed by atoms with Crippen molar-refractivity contribution >= 4 is 11.6 Å². The predicted octanol–water partition coefficient (Wildman–Crippen LogP) is 2.17. The van der Waals surface area contributed by atoms with E-state index in [0.717, 1.165) is 6.07 Å². The van der Waals surface area contributed by atoms with Crippen molar-refractivity contribution in [2.45, 2.75) is 0 Å². The maximum absolute atomic E-state index is 13.6. The van der Waals surface area contributed by atoms with E-state index in [1.165, 1.54) is 30.3 Å². The summed E-state index contributed by atoms with van der Waals surface area (Å²) in [6.07, 6.45) is 0. The molecule has 0 unspecified atom stereocenters. The van der Waals surface area contributed by atoms with Crippen molar-refractivity contribution < 1.29 is 13.9 Å². The van der Waals surface area contributed by atoms with Gasteiger partial charge in [-0.25, -0.2) is 4.39 Å². The summed E-state index contributed by atoms with van der Waals surface area (Å²) >= 11 is 0. The van der Waals surface area contributed by atoms with Crippen molar-refractivity contribution in [2.75, 3.05) is 5.73 Å². The molecule has 0 aromatic heterocycles. The molecule has 0 bridgehead atoms. The lowest BCUT2D eigenvalue weighted by molar-refractivity contribution is 0.0996. The number of nitriles is 1. The second kappa shape index (κ2) is 5.28. The molecule has 0 saturated carbocycles. The zero-order valence-corrected chi connectivity index (χ0v) is 10.3. The molecule has 0 aliphatic rings. The highest BCUT2D eigenvalue weighted by atomic mass is 19.1. The monoisotopic (exact) mass is 271 g/mol. The van der Waals surface area contributed by atoms with E-state index in [0.29, 0.717) is 5.56 Å². The van der Waals surface area contributed by atoms with Crippen LogP contribution in [0.5, 0.6) is 11.5 Å². The van der Waals surface area contributed by atoms with Crippen molar-refractivity contribution in [1.82, 2.24) is 0 Å². The number of nitrogens with zero attached hydrogens (tertiary/aromatic N) is 1. The van der Waals surface area contributed by atoms with Crippen molar-refractivity contribution in [3.63, 3.8) is 0 Å². The van der Waals surface area contributed by atoms with Crippen LogP contribution in [0.15, 0.2) is 36.4 Å². The molecule has 0 aliphatic carbocycles. The summed E-state index contributed by atoms with van der Waals surface area (Å²) in [5.74, 6) is -1.17. The average molecular weight is 271 g/mol. The molecule has 6 heteroatoms. The highest BCUT2D eigenvalue weighted by Gasteiger charge is 2.10. The molecule has 100 valence electrons. The standard InChI is InChI=1S/C14H10FN3O2/c15-11-6-9(2-3-10(11)14(18)19)20-13-4-1-8(7-16)5-12(13)17/h1-6H,17H2,(H2,18,19). The van der Waals surface area contributed by atoms with Crippen LogP contribution < -0.4 is 16.2 Å². The van der Waals surface area contributed by atoms with Crippen LogP contribution in [0.2, 0.25) is 0 Å². The lowest BCUT2D eigenvalue weighted by atomic mass is 10.2. The van der Waals surface area contributed by atoms with Crippen molar-refractivity contribution in [3.05, 3.63) is 53.3 Å². The second-order valence-corrected chi connectivity index (χ2v) is 3.97. The Labute approximate surface area is 114 Å². The Morgan fingerprint density at radius 3 is 2.55 bits per heavy atom. The minimum Gasteiger partial charge on any atom is -0.455 e. The fourth-order valence-corrected chi connectivity index (χ4v) is 1.60. The van der Waals surface area contributed by atoms with E-state index < -0.39 is 11.7 Å². The van der Waals surface area contributed by atoms with Gasteiger partial charge in [0.1, 0.15) is 17.3 Å². The molecular weight excluding hydrogens is 261 g/mol. The van der Waals surface area contributed by atoms with Gasteiger partial charge < -0.3 is 16.2 Å². The van der Waals surface area contributed by atoms with Crippen molar-refractivity contribution in [1.29, 1.82) is 5.26 Å². The number of rotatable bonds is 3. The number of amides is 1. The smallest absolute Gasteiger partial charge is 0.251 e. The van der Waals surface area contributed by atoms with E-state index in [1.54, 1.807) is 0 Å². The van der Waals surface area contributed by atoms with Crippen LogP contribution in [-0.4, -0.2) is 5.91 Å². The molecule has 0 spiro atoms. The molecule has 0 atom stereocenters. The Bertz CT molecular complexity index is 723. The van der Waals surface area contributed by atoms with E-state index in [1.807, 2.05) is 6.07 Å². The Morgan fingerprint density at radius 2 is 2.00 bits per heavy atom. The Morgan fingerprint density at radius 1 is 1.25 bits per heavy atom. The van der Waals surface area contributed by atoms with E-state index in [4.69, 9.17) is 21.5 Å². The molecule has 4 N–H and O–H groups in total. The Kier molecular flexibility index (Phi) is 3.53. The van der Waals surface area contributed by atoms with Gasteiger partial charge in [-0.15, -0.1) is 0 Å². The summed E-state index contributed by atoms with van der Waals surface area (Å²) in [5, 5.41) is 8.72. The molecule has 2 aromatic carbocycles. The van der Waals surface area contributed by atoms with Crippen LogP contribution in [0.1, 0.15) is 15.9 Å². The Hall–Kier alpha value is -3.07. The molecule has 2 rings (SSSR count). The average Bonchev–Trinajstić information content (AvgIpc) is 2.40. The van der Waals surface area contributed by atoms with Crippen LogP contribution in [0, 0.1) is 17.1 Å². The fraction of sp³-hybridized carbons (Fsp3) is 0. The molecule has 0 saturated heterocycles. The maximum Gasteiger partial charge on any atom is 0.251 e. The normalized spacial score (nSPS) is 9.80. The van der Waals surface area contributed by atoms with Gasteiger partial charge in [0.25, 0.3) is 5.91 Å². The minimum absolute atomic E-state index is 0.170. The molecule has 0 fully saturated rings. The van der Waals surface area contributed by atoms with E-state index in [2.05, 4.69) is 0 Å². The third kappa shape index (κ3) is 2.67. The van der Waals surface area contributed by atoms with Gasteiger partial charge in [0.05, 0.1) is 22.9 Å². The molecule has 2 aromatic rings. The zero-order valence-electron chi connectivity index (χ0n) is 10.3. The number of hydrogen-bond acceptors (Lipinski definition) is 4. The predicted molar refractivity (Wildman–Crippen MR) is 70.6 cm³/mol. The molecule has 1 amide bonds. The lowest BCUT2D eigenvalue weighted by Crippen LogP contribution is -2.12. The molecule has 0 heterocycles. The highest BCUT2D eigenvalue weighted by Crippen LogP contribution is 2.29. The Balaban J connectivity index is 2.29. The number of ether oxygens (including phenoxy) is 1. The fourth-order valence-electron chi connectivity index (χ4n) is 1.60. The number of nitrogens with two attached hydrogens (primary N) is 2. The van der Waals surface area contributed by atoms with Gasteiger partial charge in [-0.1, -0.05) is 0 Å². The van der Waals surface area contributed by atoms with Crippen LogP contribution in [0.4, 0.5) is 10.1 Å². The number of carbonyl (C=O) groups is 1. The number of hydrogen-bond donors (Lipinski definition) is 2. The van der Waals surface area contributed by atoms with Gasteiger partial charge >= 0.3 is 0 Å². The number of nitrogen functional groups attached to an aromatic ring is 1. The number of benzene rings is 2. The first-order valence-electron chi connectivity index (χ1n) is 5.58. The van der Waals surface area contributed by atoms with E-state index in [-0.39, 0.29) is 22.7 Å². The molecule has 5 nitrogen and oxygen atoms in total. The van der Waals surface area contributed by atoms with Crippen LogP contribution in [-0.2, 0) is 0 Å². The lowest BCUT2D eigenvalue weighted by Gasteiger charge is -2.09. The van der Waals surface area contributed by atoms with Gasteiger partial charge in [0.15, 0.2) is 0 Å². The first kappa shape index (κ1) is 13.4. The molecule has 20 heavy (non-hydrogen) atoms. The third-order valence-electron chi connectivity index (χ3n) is 2.57. The summed E-state index contributed by atoms with van der Waals surface area (Å²) < 4.78 is 19.0. The van der Waals surface area contributed by atoms with E-state index in [9.17, 15) is 9.18 Å². The summed E-state index contributed by atoms with van der Waals surface area (Å²) in [5.41, 5.74) is 11.1. The van der Waals surface area contributed by atoms with Crippen LogP contribution in [0.25, 0.3) is 0 Å². The minimum atomic E-state index is -0.855. The van der Waals surface area contributed by atoms with Gasteiger partial charge in [0, 0.05) is 6.07 Å². The first-order chi connectivity index (χ1) is 9.51. The van der Waals surface area contributed by atoms with Gasteiger partial charge in [-0.3, -0.25) is 4.79 Å². The highest BCUT2D eigenvalue weighted by molar-refractivity contribution is 5.93. The summed E-state index contributed by atoms with van der Waals surface area (Å²) in [4.78, 5) is 10.9. The molecule has 0 aliphatic heterocycles. The summed E-state index contributed by atoms with van der Waals surface area (Å²) in [7, 11) is 0. The number of halogens is 1. The van der Waals surface area contributed by atoms with Gasteiger partial charge in [-0.05, 0) is 30.3 Å². The molecular formula is C14H10FN3O2. The third-order valence-corrected chi connectivity index (χ3v) is 2.57. The zero-order chi connectivity index (χ0) is 14.7. The van der Waals surface area contributed by atoms with Gasteiger partial charge in [-0.2, -0.15) is 5.26 Å². The van der Waals surface area contributed by atoms with Crippen LogP contribution >= 0.6 is 0 Å². The maximum atomic E-state index is 13.6. The van der Waals surface area contributed by atoms with Crippen LogP contribution in [0.3, 0.4) is 0 Å².